The largest absolute Gasteiger partial charge is 0.385 e. The summed E-state index contributed by atoms with van der Waals surface area (Å²) in [6.07, 6.45) is 2.66. The molecule has 174 valence electrons. The molecule has 5 rings (SSSR count). The van der Waals surface area contributed by atoms with Crippen LogP contribution in [-0.2, 0) is 5.60 Å². The summed E-state index contributed by atoms with van der Waals surface area (Å²) in [6.45, 7) is 0.909. The second kappa shape index (κ2) is 9.79. The number of pyridine rings is 1. The number of aliphatic hydroxyl groups is 1. The Labute approximate surface area is 208 Å². The number of hydrogen-bond donors (Lipinski definition) is 2. The second-order valence-electron chi connectivity index (χ2n) is 8.63. The molecule has 1 aliphatic rings. The van der Waals surface area contributed by atoms with Gasteiger partial charge >= 0.3 is 0 Å². The molecule has 1 aromatic heterocycles. The van der Waals surface area contributed by atoms with Gasteiger partial charge in [0.15, 0.2) is 0 Å². The van der Waals surface area contributed by atoms with Crippen LogP contribution in [0.4, 0.5) is 5.69 Å². The van der Waals surface area contributed by atoms with Crippen molar-refractivity contribution in [1.29, 1.82) is 5.26 Å². The predicted molar refractivity (Wildman–Crippen MR) is 138 cm³/mol. The highest BCUT2D eigenvalue weighted by atomic mass is 32.2. The fourth-order valence-corrected chi connectivity index (χ4v) is 5.16. The minimum Gasteiger partial charge on any atom is -0.385 e. The van der Waals surface area contributed by atoms with E-state index in [0.717, 1.165) is 27.0 Å². The molecule has 6 nitrogen and oxygen atoms in total. The van der Waals surface area contributed by atoms with Crippen molar-refractivity contribution in [3.8, 4) is 6.07 Å². The molecule has 0 spiro atoms. The van der Waals surface area contributed by atoms with Crippen molar-refractivity contribution in [2.75, 3.05) is 17.8 Å². The molecule has 0 unspecified atom stereocenters. The Morgan fingerprint density at radius 3 is 2.54 bits per heavy atom. The zero-order chi connectivity index (χ0) is 24.3. The molecule has 1 aliphatic heterocycles. The predicted octanol–water partition coefficient (Wildman–Crippen LogP) is 5.35. The number of fused-ring (bicyclic) bond motifs is 1. The maximum Gasteiger partial charge on any atom is 0.253 e. The van der Waals surface area contributed by atoms with Crippen LogP contribution in [0.25, 0.3) is 10.9 Å². The summed E-state index contributed by atoms with van der Waals surface area (Å²) in [6, 6.07) is 26.7. The van der Waals surface area contributed by atoms with Crippen LogP contribution in [0, 0.1) is 11.3 Å². The molecule has 1 amide bonds. The van der Waals surface area contributed by atoms with Gasteiger partial charge in [0.25, 0.3) is 5.91 Å². The highest BCUT2D eigenvalue weighted by molar-refractivity contribution is 8.00. The molecule has 0 saturated carbocycles. The molecule has 1 saturated heterocycles. The number of likely N-dealkylation sites (tertiary alicyclic amines) is 1. The van der Waals surface area contributed by atoms with E-state index in [1.165, 1.54) is 11.9 Å². The van der Waals surface area contributed by atoms with Gasteiger partial charge in [-0.2, -0.15) is 5.26 Å². The normalized spacial score (nSPS) is 14.9. The van der Waals surface area contributed by atoms with Gasteiger partial charge in [0.05, 0.1) is 27.6 Å². The van der Waals surface area contributed by atoms with Crippen molar-refractivity contribution in [2.45, 2.75) is 23.3 Å². The summed E-state index contributed by atoms with van der Waals surface area (Å²) in [5, 5.41) is 21.4. The fourth-order valence-electron chi connectivity index (χ4n) is 4.38. The SMILES string of the molecule is N#Cc1cccc(C2(O)CCN(C(=O)c3ccc(NSc4cccc5cccnc45)cc3)CC2)c1. The van der Waals surface area contributed by atoms with Gasteiger partial charge in [0.2, 0.25) is 0 Å². The molecule has 1 fully saturated rings. The number of benzene rings is 3. The smallest absolute Gasteiger partial charge is 0.253 e. The van der Waals surface area contributed by atoms with Gasteiger partial charge < -0.3 is 14.7 Å². The number of amides is 1. The molecule has 2 heterocycles. The number of rotatable bonds is 5. The fraction of sp³-hybridized carbons (Fsp3) is 0.179. The van der Waals surface area contributed by atoms with E-state index in [0.29, 0.717) is 37.1 Å². The number of anilines is 1. The van der Waals surface area contributed by atoms with Gasteiger partial charge in [-0.3, -0.25) is 9.78 Å². The third kappa shape index (κ3) is 4.85. The van der Waals surface area contributed by atoms with Crippen molar-refractivity contribution in [1.82, 2.24) is 9.88 Å². The molecule has 2 N–H and O–H groups in total. The van der Waals surface area contributed by atoms with E-state index < -0.39 is 5.60 Å². The third-order valence-electron chi connectivity index (χ3n) is 6.41. The molecule has 0 radical (unpaired) electrons. The van der Waals surface area contributed by atoms with Crippen LogP contribution < -0.4 is 4.72 Å². The van der Waals surface area contributed by atoms with E-state index in [4.69, 9.17) is 5.26 Å². The highest BCUT2D eigenvalue weighted by Crippen LogP contribution is 2.34. The van der Waals surface area contributed by atoms with E-state index in [-0.39, 0.29) is 5.91 Å². The molecule has 7 heteroatoms. The quantitative estimate of drug-likeness (QED) is 0.374. The number of nitrogens with one attached hydrogen (secondary N) is 1. The number of para-hydroxylation sites is 1. The standard InChI is InChI=1S/C28H24N4O2S/c29-19-20-4-1-7-23(18-20)28(34)13-16-32(17-14-28)27(33)22-9-11-24(12-10-22)31-35-25-8-2-5-21-6-3-15-30-26(21)25/h1-12,15,18,31,34H,13-14,16-17H2. The van der Waals surface area contributed by atoms with Crippen molar-refractivity contribution in [3.63, 3.8) is 0 Å². The number of aromatic nitrogens is 1. The van der Waals surface area contributed by atoms with Crippen LogP contribution in [0.1, 0.15) is 34.3 Å². The van der Waals surface area contributed by atoms with E-state index in [9.17, 15) is 9.90 Å². The topological polar surface area (TPSA) is 89.2 Å². The van der Waals surface area contributed by atoms with Crippen LogP contribution >= 0.6 is 11.9 Å². The molecule has 0 atom stereocenters. The minimum atomic E-state index is -1.02. The van der Waals surface area contributed by atoms with Crippen LogP contribution in [0.15, 0.2) is 90.0 Å². The summed E-state index contributed by atoms with van der Waals surface area (Å²) >= 11 is 1.49. The number of nitrogens with zero attached hydrogens (tertiary/aromatic N) is 3. The Hall–Kier alpha value is -3.86. The van der Waals surface area contributed by atoms with Crippen LogP contribution in [0.3, 0.4) is 0 Å². The summed E-state index contributed by atoms with van der Waals surface area (Å²) in [5.41, 5.74) is 2.69. The van der Waals surface area contributed by atoms with Crippen LogP contribution in [0.2, 0.25) is 0 Å². The monoisotopic (exact) mass is 480 g/mol. The lowest BCUT2D eigenvalue weighted by atomic mass is 9.83. The van der Waals surface area contributed by atoms with Gasteiger partial charge in [-0.1, -0.05) is 30.3 Å². The second-order valence-corrected chi connectivity index (χ2v) is 9.48. The van der Waals surface area contributed by atoms with E-state index in [1.807, 2.05) is 60.7 Å². The molecule has 0 aliphatic carbocycles. The Morgan fingerprint density at radius 1 is 1.03 bits per heavy atom. The number of hydrogen-bond acceptors (Lipinski definition) is 6. The van der Waals surface area contributed by atoms with Gasteiger partial charge in [-0.05, 0) is 78.9 Å². The summed E-state index contributed by atoms with van der Waals surface area (Å²) in [5.74, 6) is -0.0460. The Bertz CT molecular complexity index is 1400. The van der Waals surface area contributed by atoms with Gasteiger partial charge in [0, 0.05) is 35.9 Å². The van der Waals surface area contributed by atoms with Crippen molar-refractivity contribution in [2.24, 2.45) is 0 Å². The lowest BCUT2D eigenvalue weighted by Crippen LogP contribution is -2.45. The maximum atomic E-state index is 13.1. The van der Waals surface area contributed by atoms with Crippen molar-refractivity contribution < 1.29 is 9.90 Å². The third-order valence-corrected chi connectivity index (χ3v) is 7.30. The first-order valence-corrected chi connectivity index (χ1v) is 12.3. The molecular weight excluding hydrogens is 456 g/mol. The van der Waals surface area contributed by atoms with Crippen LogP contribution in [0.5, 0.6) is 0 Å². The maximum absolute atomic E-state index is 13.1. The minimum absolute atomic E-state index is 0.0460. The lowest BCUT2D eigenvalue weighted by molar-refractivity contribution is -0.0211. The molecule has 35 heavy (non-hydrogen) atoms. The van der Waals surface area contributed by atoms with Crippen molar-refractivity contribution >= 4 is 34.4 Å². The van der Waals surface area contributed by atoms with Gasteiger partial charge in [-0.25, -0.2) is 0 Å². The molecule has 4 aromatic rings. The van der Waals surface area contributed by atoms with E-state index >= 15 is 0 Å². The zero-order valence-corrected chi connectivity index (χ0v) is 19.8. The Kier molecular flexibility index (Phi) is 6.41. The number of nitriles is 1. The average molecular weight is 481 g/mol. The number of carbonyl (C=O) groups is 1. The van der Waals surface area contributed by atoms with Gasteiger partial charge in [0.1, 0.15) is 0 Å². The van der Waals surface area contributed by atoms with Crippen LogP contribution in [-0.4, -0.2) is 34.0 Å². The summed E-state index contributed by atoms with van der Waals surface area (Å²) in [4.78, 5) is 20.3. The molecular formula is C28H24N4O2S. The zero-order valence-electron chi connectivity index (χ0n) is 19.0. The highest BCUT2D eigenvalue weighted by Gasteiger charge is 2.35. The summed E-state index contributed by atoms with van der Waals surface area (Å²) in [7, 11) is 0. The Balaban J connectivity index is 1.20. The number of carbonyl (C=O) groups excluding carboxylic acids is 1. The van der Waals surface area contributed by atoms with Crippen molar-refractivity contribution in [3.05, 3.63) is 102 Å². The lowest BCUT2D eigenvalue weighted by Gasteiger charge is -2.38. The number of piperidine rings is 1. The average Bonchev–Trinajstić information content (AvgIpc) is 2.92. The van der Waals surface area contributed by atoms with E-state index in [1.54, 1.807) is 29.3 Å². The first-order valence-electron chi connectivity index (χ1n) is 11.4. The Morgan fingerprint density at radius 2 is 1.77 bits per heavy atom. The molecule has 3 aromatic carbocycles. The summed E-state index contributed by atoms with van der Waals surface area (Å²) < 4.78 is 3.33. The molecule has 0 bridgehead atoms. The first-order chi connectivity index (χ1) is 17.1. The van der Waals surface area contributed by atoms with Gasteiger partial charge in [-0.15, -0.1) is 0 Å². The first kappa shape index (κ1) is 22.9. The van der Waals surface area contributed by atoms with E-state index in [2.05, 4.69) is 15.8 Å².